The third-order valence-corrected chi connectivity index (χ3v) is 11.2. The van der Waals surface area contributed by atoms with E-state index in [0.717, 1.165) is 56.8 Å². The number of thiazole rings is 1. The van der Waals surface area contributed by atoms with Crippen molar-refractivity contribution >= 4 is 44.7 Å². The van der Waals surface area contributed by atoms with Crippen LogP contribution in [0.4, 0.5) is 25.3 Å². The second kappa shape index (κ2) is 10.7. The van der Waals surface area contributed by atoms with Crippen LogP contribution in [0.25, 0.3) is 22.2 Å². The Hall–Kier alpha value is -4.18. The predicted octanol–water partition coefficient (Wildman–Crippen LogP) is 5.00. The SMILES string of the molecule is CN(c1nc(-c2ccc(F)cc2)c(C#N)s1)c1c2c(nc3c(F)cc(N4CC5(CN(C(=O)[C@@H]6CCCN6C)C5)C4)cc13)C(O)CC2. The number of nitriles is 1. The van der Waals surface area contributed by atoms with Gasteiger partial charge in [0.2, 0.25) is 5.91 Å². The minimum atomic E-state index is -0.796. The molecule has 3 fully saturated rings. The van der Waals surface area contributed by atoms with E-state index in [0.29, 0.717) is 50.9 Å². The second-order valence-corrected chi connectivity index (χ2v) is 14.2. The number of aromatic nitrogens is 2. The Morgan fingerprint density at radius 2 is 1.89 bits per heavy atom. The quantitative estimate of drug-likeness (QED) is 0.325. The van der Waals surface area contributed by atoms with Gasteiger partial charge in [-0.2, -0.15) is 5.26 Å². The Morgan fingerprint density at radius 1 is 1.13 bits per heavy atom. The average molecular weight is 642 g/mol. The number of halogens is 2. The number of rotatable bonds is 5. The van der Waals surface area contributed by atoms with E-state index in [1.165, 1.54) is 29.5 Å². The molecule has 4 aliphatic rings. The summed E-state index contributed by atoms with van der Waals surface area (Å²) in [6.45, 7) is 3.89. The number of hydrogen-bond acceptors (Lipinski definition) is 9. The molecular weight excluding hydrogens is 608 g/mol. The summed E-state index contributed by atoms with van der Waals surface area (Å²) in [5.74, 6) is -0.623. The highest BCUT2D eigenvalue weighted by Crippen LogP contribution is 2.48. The molecular formula is C34H33F2N7O2S. The molecule has 0 saturated carbocycles. The molecule has 9 nitrogen and oxygen atoms in total. The van der Waals surface area contributed by atoms with Crippen molar-refractivity contribution in [1.82, 2.24) is 19.8 Å². The molecule has 12 heteroatoms. The van der Waals surface area contributed by atoms with Gasteiger partial charge in [0.15, 0.2) is 10.9 Å². The standard InChI is InChI=1S/C34H33F2N7O2S/c1-40-11-3-4-25(40)32(45)43-17-34(18-43)15-42(16-34)21-12-23-29(24(36)13-21)38-30-22(9-10-26(30)44)31(23)41(2)33-39-28(27(14-37)46-33)19-5-7-20(35)8-6-19/h5-8,12-13,25-26,44H,3-4,9-11,15-18H2,1-2H3/t25-,26?/m0/s1. The van der Waals surface area contributed by atoms with E-state index in [1.807, 2.05) is 30.0 Å². The molecule has 1 N–H and O–H groups in total. The van der Waals surface area contributed by atoms with Crippen LogP contribution < -0.4 is 9.80 Å². The Labute approximate surface area is 269 Å². The number of benzene rings is 2. The van der Waals surface area contributed by atoms with Crippen LogP contribution in [0.3, 0.4) is 0 Å². The van der Waals surface area contributed by atoms with Gasteiger partial charge in [-0.3, -0.25) is 9.69 Å². The summed E-state index contributed by atoms with van der Waals surface area (Å²) in [4.78, 5) is 30.9. The highest BCUT2D eigenvalue weighted by atomic mass is 32.1. The number of aliphatic hydroxyl groups is 1. The van der Waals surface area contributed by atoms with Gasteiger partial charge < -0.3 is 19.8 Å². The number of carbonyl (C=O) groups excluding carboxylic acids is 1. The zero-order valence-electron chi connectivity index (χ0n) is 25.6. The Kier molecular flexibility index (Phi) is 6.79. The van der Waals surface area contributed by atoms with Crippen molar-refractivity contribution in [2.75, 3.05) is 56.6 Å². The molecule has 3 saturated heterocycles. The molecule has 4 aromatic rings. The largest absolute Gasteiger partial charge is 0.387 e. The average Bonchev–Trinajstić information content (AvgIpc) is 3.73. The van der Waals surface area contributed by atoms with Crippen molar-refractivity contribution in [3.05, 3.63) is 64.2 Å². The van der Waals surface area contributed by atoms with Gasteiger partial charge in [0, 0.05) is 60.8 Å². The van der Waals surface area contributed by atoms with Gasteiger partial charge in [0.1, 0.15) is 28.0 Å². The maximum Gasteiger partial charge on any atom is 0.239 e. The summed E-state index contributed by atoms with van der Waals surface area (Å²) in [6, 6.07) is 11.5. The van der Waals surface area contributed by atoms with Gasteiger partial charge in [-0.25, -0.2) is 18.7 Å². The van der Waals surface area contributed by atoms with Crippen molar-refractivity contribution in [3.8, 4) is 17.3 Å². The number of aliphatic hydroxyl groups excluding tert-OH is 1. The van der Waals surface area contributed by atoms with Gasteiger partial charge in [0.05, 0.1) is 23.5 Å². The first-order valence-corrected chi connectivity index (χ1v) is 16.4. The number of amides is 1. The smallest absolute Gasteiger partial charge is 0.239 e. The van der Waals surface area contributed by atoms with Crippen molar-refractivity contribution in [2.45, 2.75) is 37.8 Å². The first-order valence-electron chi connectivity index (χ1n) is 15.6. The molecule has 0 bridgehead atoms. The van der Waals surface area contributed by atoms with Crippen molar-refractivity contribution < 1.29 is 18.7 Å². The van der Waals surface area contributed by atoms with Gasteiger partial charge in [-0.05, 0) is 75.7 Å². The molecule has 5 heterocycles. The van der Waals surface area contributed by atoms with E-state index < -0.39 is 11.9 Å². The lowest BCUT2D eigenvalue weighted by Gasteiger charge is -2.61. The van der Waals surface area contributed by atoms with Crippen LogP contribution in [0.5, 0.6) is 0 Å². The van der Waals surface area contributed by atoms with Crippen LogP contribution in [-0.4, -0.2) is 83.6 Å². The van der Waals surface area contributed by atoms with Crippen LogP contribution in [0, 0.1) is 28.4 Å². The topological polar surface area (TPSA) is 99.8 Å². The van der Waals surface area contributed by atoms with Gasteiger partial charge in [-0.15, -0.1) is 0 Å². The summed E-state index contributed by atoms with van der Waals surface area (Å²) in [5, 5.41) is 21.8. The zero-order valence-corrected chi connectivity index (χ0v) is 26.4. The van der Waals surface area contributed by atoms with E-state index in [2.05, 4.69) is 20.9 Å². The first kappa shape index (κ1) is 29.2. The maximum absolute atomic E-state index is 15.9. The second-order valence-electron chi connectivity index (χ2n) is 13.2. The zero-order chi connectivity index (χ0) is 31.9. The van der Waals surface area contributed by atoms with E-state index in [9.17, 15) is 19.6 Å². The van der Waals surface area contributed by atoms with E-state index >= 15 is 4.39 Å². The number of pyridine rings is 1. The fraction of sp³-hybridized carbons (Fsp3) is 0.412. The summed E-state index contributed by atoms with van der Waals surface area (Å²) >= 11 is 1.21. The van der Waals surface area contributed by atoms with Crippen molar-refractivity contribution in [1.29, 1.82) is 5.26 Å². The number of anilines is 3. The summed E-state index contributed by atoms with van der Waals surface area (Å²) in [6.07, 6.45) is 2.23. The molecule has 2 aromatic carbocycles. The minimum absolute atomic E-state index is 0.0138. The third-order valence-electron chi connectivity index (χ3n) is 10.2. The minimum Gasteiger partial charge on any atom is -0.387 e. The highest BCUT2D eigenvalue weighted by molar-refractivity contribution is 7.16. The summed E-state index contributed by atoms with van der Waals surface area (Å²) in [7, 11) is 3.85. The lowest BCUT2D eigenvalue weighted by Crippen LogP contribution is -2.74. The molecule has 8 rings (SSSR count). The van der Waals surface area contributed by atoms with Gasteiger partial charge >= 0.3 is 0 Å². The molecule has 2 aromatic heterocycles. The fourth-order valence-corrected chi connectivity index (χ4v) is 8.64. The van der Waals surface area contributed by atoms with Gasteiger partial charge in [0.25, 0.3) is 0 Å². The summed E-state index contributed by atoms with van der Waals surface area (Å²) in [5.41, 5.74) is 4.04. The first-order chi connectivity index (χ1) is 22.1. The lowest BCUT2D eigenvalue weighted by molar-refractivity contribution is -0.149. The Morgan fingerprint density at radius 3 is 2.59 bits per heavy atom. The summed E-state index contributed by atoms with van der Waals surface area (Å²) < 4.78 is 29.5. The molecule has 1 unspecified atom stereocenters. The van der Waals surface area contributed by atoms with Crippen LogP contribution >= 0.6 is 11.3 Å². The molecule has 3 aliphatic heterocycles. The lowest BCUT2D eigenvalue weighted by atomic mass is 9.72. The maximum atomic E-state index is 15.9. The molecule has 46 heavy (non-hydrogen) atoms. The number of likely N-dealkylation sites (tertiary alicyclic amines) is 2. The number of fused-ring (bicyclic) bond motifs is 2. The van der Waals surface area contributed by atoms with Crippen LogP contribution in [0.1, 0.15) is 41.5 Å². The Bertz CT molecular complexity index is 1930. The fourth-order valence-electron chi connectivity index (χ4n) is 7.78. The predicted molar refractivity (Wildman–Crippen MR) is 172 cm³/mol. The monoisotopic (exact) mass is 641 g/mol. The van der Waals surface area contributed by atoms with E-state index in [4.69, 9.17) is 4.98 Å². The molecule has 1 amide bonds. The van der Waals surface area contributed by atoms with Crippen LogP contribution in [0.2, 0.25) is 0 Å². The normalized spacial score (nSPS) is 21.7. The van der Waals surface area contributed by atoms with Crippen molar-refractivity contribution in [2.24, 2.45) is 5.41 Å². The van der Waals surface area contributed by atoms with Gasteiger partial charge in [-0.1, -0.05) is 11.3 Å². The number of carbonyl (C=O) groups is 1. The molecule has 1 aliphatic carbocycles. The Balaban J connectivity index is 1.12. The van der Waals surface area contributed by atoms with E-state index in [-0.39, 0.29) is 28.7 Å². The number of hydrogen-bond donors (Lipinski definition) is 1. The number of likely N-dealkylation sites (N-methyl/N-ethyl adjacent to an activating group) is 1. The molecule has 2 atom stereocenters. The highest BCUT2D eigenvalue weighted by Gasteiger charge is 2.54. The molecule has 1 spiro atoms. The van der Waals surface area contributed by atoms with Crippen LogP contribution in [-0.2, 0) is 11.2 Å². The molecule has 0 radical (unpaired) electrons. The van der Waals surface area contributed by atoms with Crippen LogP contribution in [0.15, 0.2) is 36.4 Å². The third kappa shape index (κ3) is 4.55. The molecule has 236 valence electrons. The van der Waals surface area contributed by atoms with Crippen molar-refractivity contribution in [3.63, 3.8) is 0 Å². The number of nitrogens with zero attached hydrogens (tertiary/aromatic N) is 7. The van der Waals surface area contributed by atoms with E-state index in [1.54, 1.807) is 12.1 Å².